The van der Waals surface area contributed by atoms with E-state index in [9.17, 15) is 18.0 Å². The zero-order valence-corrected chi connectivity index (χ0v) is 14.2. The van der Waals surface area contributed by atoms with Crippen molar-refractivity contribution in [1.29, 1.82) is 0 Å². The summed E-state index contributed by atoms with van der Waals surface area (Å²) in [4.78, 5) is 16.3. The van der Waals surface area contributed by atoms with Gasteiger partial charge in [0, 0.05) is 25.2 Å². The van der Waals surface area contributed by atoms with Crippen LogP contribution < -0.4 is 0 Å². The third-order valence-electron chi connectivity index (χ3n) is 4.49. The minimum absolute atomic E-state index is 0.137. The first kappa shape index (κ1) is 18.5. The molecule has 0 N–H and O–H groups in total. The number of benzene rings is 1. The number of alkyl halides is 3. The van der Waals surface area contributed by atoms with E-state index >= 15 is 0 Å². The Hall–Kier alpha value is -1.82. The number of allylic oxidation sites excluding steroid dienone is 1. The van der Waals surface area contributed by atoms with Gasteiger partial charge >= 0.3 is 6.18 Å². The van der Waals surface area contributed by atoms with Gasteiger partial charge < -0.3 is 9.80 Å². The van der Waals surface area contributed by atoms with Gasteiger partial charge in [-0.1, -0.05) is 12.1 Å². The third kappa shape index (κ3) is 4.60. The lowest BCUT2D eigenvalue weighted by atomic mass is 10.0. The molecule has 1 aromatic carbocycles. The average Bonchev–Trinajstić information content (AvgIpc) is 2.54. The first-order chi connectivity index (χ1) is 11.2. The maximum Gasteiger partial charge on any atom is 0.416 e. The molecule has 0 aliphatic carbocycles. The van der Waals surface area contributed by atoms with Crippen LogP contribution in [0.5, 0.6) is 0 Å². The van der Waals surface area contributed by atoms with Crippen LogP contribution >= 0.6 is 0 Å². The molecule has 0 aromatic heterocycles. The third-order valence-corrected chi connectivity index (χ3v) is 4.49. The van der Waals surface area contributed by atoms with Gasteiger partial charge in [0.25, 0.3) is 0 Å². The number of halogens is 3. The van der Waals surface area contributed by atoms with E-state index in [0.717, 1.165) is 25.0 Å². The van der Waals surface area contributed by atoms with Crippen LogP contribution in [0, 0.1) is 0 Å². The van der Waals surface area contributed by atoms with Crippen molar-refractivity contribution in [3.63, 3.8) is 0 Å². The molecule has 0 atom stereocenters. The largest absolute Gasteiger partial charge is 0.416 e. The predicted molar refractivity (Wildman–Crippen MR) is 88.4 cm³/mol. The molecule has 0 unspecified atom stereocenters. The number of hydrogen-bond donors (Lipinski definition) is 0. The van der Waals surface area contributed by atoms with E-state index < -0.39 is 11.7 Å². The maximum atomic E-state index is 12.8. The Morgan fingerprint density at radius 3 is 2.42 bits per heavy atom. The molecular weight excluding hydrogens is 317 g/mol. The van der Waals surface area contributed by atoms with Gasteiger partial charge in [0.1, 0.15) is 0 Å². The summed E-state index contributed by atoms with van der Waals surface area (Å²) in [6.07, 6.45) is -1.12. The molecule has 0 spiro atoms. The molecular formula is C18H23F3N2O. The Labute approximate surface area is 140 Å². The smallest absolute Gasteiger partial charge is 0.339 e. The van der Waals surface area contributed by atoms with Gasteiger partial charge in [-0.05, 0) is 57.1 Å². The average molecular weight is 340 g/mol. The van der Waals surface area contributed by atoms with Crippen molar-refractivity contribution in [3.05, 3.63) is 41.5 Å². The minimum atomic E-state index is -4.38. The van der Waals surface area contributed by atoms with Gasteiger partial charge in [-0.3, -0.25) is 4.79 Å². The zero-order chi connectivity index (χ0) is 17.9. The van der Waals surface area contributed by atoms with Gasteiger partial charge in [-0.25, -0.2) is 0 Å². The van der Waals surface area contributed by atoms with Gasteiger partial charge in [0.05, 0.1) is 5.56 Å². The Morgan fingerprint density at radius 1 is 1.25 bits per heavy atom. The highest BCUT2D eigenvalue weighted by Crippen LogP contribution is 2.31. The number of hydrogen-bond acceptors (Lipinski definition) is 2. The summed E-state index contributed by atoms with van der Waals surface area (Å²) in [7, 11) is 4.06. The SMILES string of the molecule is CC(=CC(=O)N1CCC(N(C)C)CC1)c1cccc(C(F)(F)F)c1. The molecule has 0 bridgehead atoms. The molecule has 1 aliphatic rings. The summed E-state index contributed by atoms with van der Waals surface area (Å²) in [6.45, 7) is 3.02. The molecule has 0 saturated carbocycles. The monoisotopic (exact) mass is 340 g/mol. The van der Waals surface area contributed by atoms with Crippen molar-refractivity contribution >= 4 is 11.5 Å². The molecule has 1 fully saturated rings. The second-order valence-electron chi connectivity index (χ2n) is 6.43. The highest BCUT2D eigenvalue weighted by molar-refractivity contribution is 5.95. The van der Waals surface area contributed by atoms with Gasteiger partial charge in [-0.15, -0.1) is 0 Å². The fraction of sp³-hybridized carbons (Fsp3) is 0.500. The van der Waals surface area contributed by atoms with Gasteiger partial charge in [0.15, 0.2) is 0 Å². The lowest BCUT2D eigenvalue weighted by molar-refractivity contribution is -0.137. The summed E-state index contributed by atoms with van der Waals surface area (Å²) in [5.41, 5.74) is 0.259. The van der Waals surface area contributed by atoms with Crippen LogP contribution in [0.4, 0.5) is 13.2 Å². The Balaban J connectivity index is 2.07. The molecule has 132 valence electrons. The van der Waals surface area contributed by atoms with E-state index in [1.165, 1.54) is 12.1 Å². The first-order valence-electron chi connectivity index (χ1n) is 7.99. The molecule has 0 radical (unpaired) electrons. The van der Waals surface area contributed by atoms with Crippen molar-refractivity contribution in [2.45, 2.75) is 32.0 Å². The molecule has 24 heavy (non-hydrogen) atoms. The molecule has 2 rings (SSSR count). The number of nitrogens with zero attached hydrogens (tertiary/aromatic N) is 2. The first-order valence-corrected chi connectivity index (χ1v) is 7.99. The van der Waals surface area contributed by atoms with E-state index in [2.05, 4.69) is 4.90 Å². The summed E-state index contributed by atoms with van der Waals surface area (Å²) in [5.74, 6) is -0.137. The lowest BCUT2D eigenvalue weighted by Crippen LogP contribution is -2.44. The predicted octanol–water partition coefficient (Wildman–Crippen LogP) is 3.66. The Kier molecular flexibility index (Phi) is 5.70. The fourth-order valence-electron chi connectivity index (χ4n) is 2.90. The lowest BCUT2D eigenvalue weighted by Gasteiger charge is -2.34. The summed E-state index contributed by atoms with van der Waals surface area (Å²) in [6, 6.07) is 5.54. The standard InChI is InChI=1S/C18H23F3N2O/c1-13(14-5-4-6-15(12-14)18(19,20)21)11-17(24)23-9-7-16(8-10-23)22(2)3/h4-6,11-12,16H,7-10H2,1-3H3. The number of piperidine rings is 1. The summed E-state index contributed by atoms with van der Waals surface area (Å²) < 4.78 is 38.4. The van der Waals surface area contributed by atoms with Crippen molar-refractivity contribution in [2.24, 2.45) is 0 Å². The zero-order valence-electron chi connectivity index (χ0n) is 14.2. The van der Waals surface area contributed by atoms with Crippen LogP contribution in [-0.2, 0) is 11.0 Å². The molecule has 1 heterocycles. The number of rotatable bonds is 3. The summed E-state index contributed by atoms with van der Waals surface area (Å²) >= 11 is 0. The summed E-state index contributed by atoms with van der Waals surface area (Å²) in [5, 5.41) is 0. The van der Waals surface area contributed by atoms with Crippen molar-refractivity contribution in [3.8, 4) is 0 Å². The van der Waals surface area contributed by atoms with Crippen LogP contribution in [0.3, 0.4) is 0 Å². The van der Waals surface area contributed by atoms with Gasteiger partial charge in [-0.2, -0.15) is 13.2 Å². The maximum absolute atomic E-state index is 12.8. The molecule has 3 nitrogen and oxygen atoms in total. The van der Waals surface area contributed by atoms with Crippen molar-refractivity contribution < 1.29 is 18.0 Å². The Morgan fingerprint density at radius 2 is 1.88 bits per heavy atom. The quantitative estimate of drug-likeness (QED) is 0.784. The van der Waals surface area contributed by atoms with Crippen LogP contribution in [0.1, 0.15) is 30.9 Å². The topological polar surface area (TPSA) is 23.6 Å². The second kappa shape index (κ2) is 7.38. The number of amides is 1. The molecule has 1 aromatic rings. The number of carbonyl (C=O) groups is 1. The normalized spacial score (nSPS) is 17.5. The van der Waals surface area contributed by atoms with E-state index in [1.54, 1.807) is 17.9 Å². The highest BCUT2D eigenvalue weighted by atomic mass is 19.4. The van der Waals surface area contributed by atoms with Crippen LogP contribution in [0.25, 0.3) is 5.57 Å². The van der Waals surface area contributed by atoms with E-state index in [4.69, 9.17) is 0 Å². The van der Waals surface area contributed by atoms with Crippen LogP contribution in [0.2, 0.25) is 0 Å². The van der Waals surface area contributed by atoms with E-state index in [-0.39, 0.29) is 5.91 Å². The van der Waals surface area contributed by atoms with E-state index in [0.29, 0.717) is 30.3 Å². The van der Waals surface area contributed by atoms with Crippen LogP contribution in [-0.4, -0.2) is 48.9 Å². The number of carbonyl (C=O) groups excluding carboxylic acids is 1. The van der Waals surface area contributed by atoms with Crippen LogP contribution in [0.15, 0.2) is 30.3 Å². The van der Waals surface area contributed by atoms with Crippen molar-refractivity contribution in [2.75, 3.05) is 27.2 Å². The van der Waals surface area contributed by atoms with Crippen molar-refractivity contribution in [1.82, 2.24) is 9.80 Å². The van der Waals surface area contributed by atoms with E-state index in [1.807, 2.05) is 14.1 Å². The Bertz CT molecular complexity index is 615. The second-order valence-corrected chi connectivity index (χ2v) is 6.43. The minimum Gasteiger partial charge on any atom is -0.339 e. The highest BCUT2D eigenvalue weighted by Gasteiger charge is 2.30. The number of likely N-dealkylation sites (tertiary alicyclic amines) is 1. The van der Waals surface area contributed by atoms with Gasteiger partial charge in [0.2, 0.25) is 5.91 Å². The molecule has 1 amide bonds. The molecule has 6 heteroatoms. The molecule has 1 aliphatic heterocycles. The molecule has 1 saturated heterocycles. The fourth-order valence-corrected chi connectivity index (χ4v) is 2.90.